The first-order valence-corrected chi connectivity index (χ1v) is 6.94. The standard InChI is InChI=1S/C15H12ClF3N2O2/c16-13-6-1-10(9-21-13)14(22)20-7-8-23-12-4-2-11(3-5-12)15(17,18)19/h1-6,9H,7-8H2,(H,20,22). The number of carbonyl (C=O) groups is 1. The summed E-state index contributed by atoms with van der Waals surface area (Å²) >= 11 is 5.62. The Morgan fingerprint density at radius 3 is 2.43 bits per heavy atom. The van der Waals surface area contributed by atoms with Gasteiger partial charge in [-0.2, -0.15) is 13.2 Å². The van der Waals surface area contributed by atoms with Crippen LogP contribution in [0.2, 0.25) is 5.15 Å². The third-order valence-electron chi connectivity index (χ3n) is 2.83. The van der Waals surface area contributed by atoms with Crippen LogP contribution in [-0.2, 0) is 6.18 Å². The summed E-state index contributed by atoms with van der Waals surface area (Å²) in [5.74, 6) is -0.0504. The molecule has 0 bridgehead atoms. The van der Waals surface area contributed by atoms with Gasteiger partial charge in [-0.25, -0.2) is 4.98 Å². The Hall–Kier alpha value is -2.28. The van der Waals surface area contributed by atoms with Crippen molar-refractivity contribution in [1.82, 2.24) is 10.3 Å². The summed E-state index contributed by atoms with van der Waals surface area (Å²) in [4.78, 5) is 15.5. The van der Waals surface area contributed by atoms with Gasteiger partial charge in [0.05, 0.1) is 17.7 Å². The van der Waals surface area contributed by atoms with Crippen LogP contribution in [0, 0.1) is 0 Å². The Morgan fingerprint density at radius 1 is 1.17 bits per heavy atom. The minimum atomic E-state index is -4.38. The predicted molar refractivity (Wildman–Crippen MR) is 78.5 cm³/mol. The molecule has 0 radical (unpaired) electrons. The number of pyridine rings is 1. The van der Waals surface area contributed by atoms with E-state index in [0.717, 1.165) is 12.1 Å². The fourth-order valence-electron chi connectivity index (χ4n) is 1.69. The fourth-order valence-corrected chi connectivity index (χ4v) is 1.80. The Morgan fingerprint density at radius 2 is 1.87 bits per heavy atom. The Balaban J connectivity index is 1.77. The molecule has 2 aromatic rings. The van der Waals surface area contributed by atoms with Gasteiger partial charge in [0, 0.05) is 6.20 Å². The van der Waals surface area contributed by atoms with Crippen LogP contribution in [0.5, 0.6) is 5.75 Å². The lowest BCUT2D eigenvalue weighted by Crippen LogP contribution is -2.28. The summed E-state index contributed by atoms with van der Waals surface area (Å²) in [7, 11) is 0. The number of hydrogen-bond donors (Lipinski definition) is 1. The number of aromatic nitrogens is 1. The molecule has 2 rings (SSSR count). The van der Waals surface area contributed by atoms with Crippen molar-refractivity contribution >= 4 is 17.5 Å². The first-order chi connectivity index (χ1) is 10.9. The molecule has 1 N–H and O–H groups in total. The lowest BCUT2D eigenvalue weighted by Gasteiger charge is -2.10. The minimum Gasteiger partial charge on any atom is -0.492 e. The maximum atomic E-state index is 12.4. The number of nitrogens with zero attached hydrogens (tertiary/aromatic N) is 1. The first kappa shape index (κ1) is 17.1. The van der Waals surface area contributed by atoms with Crippen molar-refractivity contribution in [3.8, 4) is 5.75 Å². The van der Waals surface area contributed by atoms with E-state index in [9.17, 15) is 18.0 Å². The number of carbonyl (C=O) groups excluding carboxylic acids is 1. The van der Waals surface area contributed by atoms with Gasteiger partial charge >= 0.3 is 6.18 Å². The minimum absolute atomic E-state index is 0.123. The molecule has 0 saturated heterocycles. The van der Waals surface area contributed by atoms with Gasteiger partial charge in [-0.05, 0) is 36.4 Å². The maximum Gasteiger partial charge on any atom is 0.416 e. The molecule has 1 aromatic carbocycles. The average Bonchev–Trinajstić information content (AvgIpc) is 2.51. The summed E-state index contributed by atoms with van der Waals surface area (Å²) in [6.07, 6.45) is -3.03. The molecule has 0 aliphatic rings. The highest BCUT2D eigenvalue weighted by molar-refractivity contribution is 6.29. The summed E-state index contributed by atoms with van der Waals surface area (Å²) in [5, 5.41) is 2.88. The quantitative estimate of drug-likeness (QED) is 0.666. The van der Waals surface area contributed by atoms with E-state index in [1.54, 1.807) is 0 Å². The number of halogens is 4. The van der Waals surface area contributed by atoms with Gasteiger partial charge in [0.15, 0.2) is 0 Å². The summed E-state index contributed by atoms with van der Waals surface area (Å²) in [6, 6.07) is 7.36. The number of rotatable bonds is 5. The molecule has 0 aliphatic carbocycles. The average molecular weight is 345 g/mol. The molecular weight excluding hydrogens is 333 g/mol. The molecular formula is C15H12ClF3N2O2. The van der Waals surface area contributed by atoms with Crippen LogP contribution < -0.4 is 10.1 Å². The van der Waals surface area contributed by atoms with E-state index in [0.29, 0.717) is 11.3 Å². The summed E-state index contributed by atoms with van der Waals surface area (Å²) < 4.78 is 42.5. The van der Waals surface area contributed by atoms with E-state index < -0.39 is 11.7 Å². The lowest BCUT2D eigenvalue weighted by molar-refractivity contribution is -0.137. The van der Waals surface area contributed by atoms with Gasteiger partial charge in [0.1, 0.15) is 17.5 Å². The van der Waals surface area contributed by atoms with E-state index in [1.165, 1.54) is 30.5 Å². The number of hydrogen-bond acceptors (Lipinski definition) is 3. The number of amides is 1. The van der Waals surface area contributed by atoms with E-state index in [1.807, 2.05) is 0 Å². The molecule has 1 aromatic heterocycles. The molecule has 0 fully saturated rings. The molecule has 0 spiro atoms. The highest BCUT2D eigenvalue weighted by Crippen LogP contribution is 2.30. The maximum absolute atomic E-state index is 12.4. The normalized spacial score (nSPS) is 11.1. The van der Waals surface area contributed by atoms with Crippen molar-refractivity contribution < 1.29 is 22.7 Å². The zero-order valence-corrected chi connectivity index (χ0v) is 12.5. The van der Waals surface area contributed by atoms with E-state index in [2.05, 4.69) is 10.3 Å². The van der Waals surface area contributed by atoms with Crippen molar-refractivity contribution in [2.45, 2.75) is 6.18 Å². The molecule has 0 aliphatic heterocycles. The van der Waals surface area contributed by atoms with Gasteiger partial charge in [-0.3, -0.25) is 4.79 Å². The fraction of sp³-hybridized carbons (Fsp3) is 0.200. The van der Waals surface area contributed by atoms with E-state index >= 15 is 0 Å². The largest absolute Gasteiger partial charge is 0.492 e. The SMILES string of the molecule is O=C(NCCOc1ccc(C(F)(F)F)cc1)c1ccc(Cl)nc1. The van der Waals surface area contributed by atoms with Gasteiger partial charge < -0.3 is 10.1 Å². The third kappa shape index (κ3) is 5.14. The van der Waals surface area contributed by atoms with E-state index in [4.69, 9.17) is 16.3 Å². The van der Waals surface area contributed by atoms with Crippen LogP contribution >= 0.6 is 11.6 Å². The van der Waals surface area contributed by atoms with E-state index in [-0.39, 0.29) is 24.2 Å². The predicted octanol–water partition coefficient (Wildman–Crippen LogP) is 3.56. The van der Waals surface area contributed by atoms with Crippen LogP contribution in [-0.4, -0.2) is 24.0 Å². The van der Waals surface area contributed by atoms with Crippen LogP contribution in [0.25, 0.3) is 0 Å². The van der Waals surface area contributed by atoms with Crippen molar-refractivity contribution in [1.29, 1.82) is 0 Å². The zero-order valence-electron chi connectivity index (χ0n) is 11.7. The molecule has 122 valence electrons. The van der Waals surface area contributed by atoms with Gasteiger partial charge in [-0.15, -0.1) is 0 Å². The molecule has 1 heterocycles. The van der Waals surface area contributed by atoms with Crippen LogP contribution in [0.15, 0.2) is 42.6 Å². The van der Waals surface area contributed by atoms with Crippen LogP contribution in [0.3, 0.4) is 0 Å². The molecule has 0 saturated carbocycles. The molecule has 1 amide bonds. The third-order valence-corrected chi connectivity index (χ3v) is 3.05. The Labute approximate surface area is 135 Å². The molecule has 0 atom stereocenters. The van der Waals surface area contributed by atoms with Gasteiger partial charge in [-0.1, -0.05) is 11.6 Å². The highest BCUT2D eigenvalue weighted by atomic mass is 35.5. The summed E-state index contributed by atoms with van der Waals surface area (Å²) in [5.41, 5.74) is -0.391. The smallest absolute Gasteiger partial charge is 0.416 e. The van der Waals surface area contributed by atoms with Crippen molar-refractivity contribution in [3.63, 3.8) is 0 Å². The topological polar surface area (TPSA) is 51.2 Å². The molecule has 8 heteroatoms. The van der Waals surface area contributed by atoms with Gasteiger partial charge in [0.25, 0.3) is 5.91 Å². The second kappa shape index (κ2) is 7.32. The lowest BCUT2D eigenvalue weighted by atomic mass is 10.2. The van der Waals surface area contributed by atoms with Crippen LogP contribution in [0.4, 0.5) is 13.2 Å². The number of nitrogens with one attached hydrogen (secondary N) is 1. The Bertz CT molecular complexity index is 658. The number of ether oxygens (including phenoxy) is 1. The molecule has 4 nitrogen and oxygen atoms in total. The van der Waals surface area contributed by atoms with Gasteiger partial charge in [0.2, 0.25) is 0 Å². The second-order valence-electron chi connectivity index (χ2n) is 4.50. The second-order valence-corrected chi connectivity index (χ2v) is 4.88. The first-order valence-electron chi connectivity index (χ1n) is 6.56. The molecule has 23 heavy (non-hydrogen) atoms. The Kier molecular flexibility index (Phi) is 5.44. The number of alkyl halides is 3. The molecule has 0 unspecified atom stereocenters. The van der Waals surface area contributed by atoms with Crippen LogP contribution in [0.1, 0.15) is 15.9 Å². The highest BCUT2D eigenvalue weighted by Gasteiger charge is 2.29. The van der Waals surface area contributed by atoms with Crippen molar-refractivity contribution in [3.05, 3.63) is 58.9 Å². The zero-order chi connectivity index (χ0) is 16.9. The summed E-state index contributed by atoms with van der Waals surface area (Å²) in [6.45, 7) is 0.320. The number of benzene rings is 1. The van der Waals surface area contributed by atoms with Crippen molar-refractivity contribution in [2.75, 3.05) is 13.2 Å². The monoisotopic (exact) mass is 344 g/mol. The van der Waals surface area contributed by atoms with Crippen molar-refractivity contribution in [2.24, 2.45) is 0 Å².